The molecule has 2 nitrogen and oxygen atoms in total. The highest BCUT2D eigenvalue weighted by Gasteiger charge is 2.17. The van der Waals surface area contributed by atoms with Crippen LogP contribution in [-0.4, -0.2) is 5.60 Å². The predicted molar refractivity (Wildman–Crippen MR) is 73.5 cm³/mol. The van der Waals surface area contributed by atoms with Gasteiger partial charge in [0.1, 0.15) is 0 Å². The van der Waals surface area contributed by atoms with Gasteiger partial charge in [-0.15, -0.1) is 0 Å². The van der Waals surface area contributed by atoms with Gasteiger partial charge in [0.2, 0.25) is 0 Å². The van der Waals surface area contributed by atoms with Crippen LogP contribution in [0, 0.1) is 0 Å². The second-order valence-corrected chi connectivity index (χ2v) is 5.80. The summed E-state index contributed by atoms with van der Waals surface area (Å²) in [5.74, 6) is 0. The molecule has 0 amide bonds. The van der Waals surface area contributed by atoms with Crippen molar-refractivity contribution >= 4 is 23.2 Å². The molecule has 1 aromatic rings. The Morgan fingerprint density at radius 2 is 1.94 bits per heavy atom. The van der Waals surface area contributed by atoms with Crippen molar-refractivity contribution in [3.63, 3.8) is 0 Å². The lowest BCUT2D eigenvalue weighted by Crippen LogP contribution is -2.32. The minimum Gasteiger partial charge on any atom is -0.296 e. The van der Waals surface area contributed by atoms with E-state index in [4.69, 9.17) is 28.0 Å². The Kier molecular flexibility index (Phi) is 5.26. The minimum absolute atomic E-state index is 0.0685. The van der Waals surface area contributed by atoms with Crippen LogP contribution in [0.5, 0.6) is 0 Å². The third-order valence-electron chi connectivity index (χ3n) is 2.25. The third kappa shape index (κ3) is 4.84. The summed E-state index contributed by atoms with van der Waals surface area (Å²) in [6.07, 6.45) is 0.886. The standard InChI is InChI=1S/C13H19Cl2NO/c1-5-12(16-17-13(2,3)4)10-7-6-9(14)8-11(10)15/h6-8,12,16H,5H2,1-4H3. The lowest BCUT2D eigenvalue weighted by molar-refractivity contribution is -0.0895. The van der Waals surface area contributed by atoms with Crippen LogP contribution in [0.4, 0.5) is 0 Å². The van der Waals surface area contributed by atoms with Crippen molar-refractivity contribution in [3.05, 3.63) is 33.8 Å². The normalized spacial score (nSPS) is 13.8. The summed E-state index contributed by atoms with van der Waals surface area (Å²) in [6, 6.07) is 5.58. The van der Waals surface area contributed by atoms with Crippen LogP contribution < -0.4 is 5.48 Å². The van der Waals surface area contributed by atoms with Crippen LogP contribution in [0.1, 0.15) is 45.7 Å². The summed E-state index contributed by atoms with van der Waals surface area (Å²) in [5.41, 5.74) is 3.83. The van der Waals surface area contributed by atoms with Gasteiger partial charge >= 0.3 is 0 Å². The second kappa shape index (κ2) is 6.05. The molecule has 17 heavy (non-hydrogen) atoms. The van der Waals surface area contributed by atoms with Gasteiger partial charge < -0.3 is 0 Å². The van der Waals surface area contributed by atoms with Crippen molar-refractivity contribution in [2.45, 2.75) is 45.8 Å². The van der Waals surface area contributed by atoms with Crippen LogP contribution in [-0.2, 0) is 4.84 Å². The molecule has 96 valence electrons. The summed E-state index contributed by atoms with van der Waals surface area (Å²) < 4.78 is 0. The van der Waals surface area contributed by atoms with Gasteiger partial charge in [-0.3, -0.25) is 4.84 Å². The van der Waals surface area contributed by atoms with E-state index in [9.17, 15) is 0 Å². The highest BCUT2D eigenvalue weighted by Crippen LogP contribution is 2.28. The second-order valence-electron chi connectivity index (χ2n) is 4.96. The zero-order valence-electron chi connectivity index (χ0n) is 10.7. The minimum atomic E-state index is -0.230. The van der Waals surface area contributed by atoms with E-state index >= 15 is 0 Å². The number of rotatable bonds is 4. The number of halogens is 2. The smallest absolute Gasteiger partial charge is 0.0813 e. The molecule has 1 aromatic carbocycles. The summed E-state index contributed by atoms with van der Waals surface area (Å²) in [5, 5.41) is 1.31. The maximum Gasteiger partial charge on any atom is 0.0813 e. The first-order chi connectivity index (χ1) is 7.83. The van der Waals surface area contributed by atoms with Crippen molar-refractivity contribution < 1.29 is 4.84 Å². The van der Waals surface area contributed by atoms with Crippen molar-refractivity contribution in [1.82, 2.24) is 5.48 Å². The first-order valence-electron chi connectivity index (χ1n) is 5.72. The molecule has 0 fully saturated rings. The molecule has 0 aliphatic carbocycles. The van der Waals surface area contributed by atoms with E-state index < -0.39 is 0 Å². The number of hydroxylamine groups is 1. The molecule has 0 spiro atoms. The Morgan fingerprint density at radius 1 is 1.29 bits per heavy atom. The van der Waals surface area contributed by atoms with Crippen LogP contribution >= 0.6 is 23.2 Å². The van der Waals surface area contributed by atoms with E-state index in [-0.39, 0.29) is 11.6 Å². The van der Waals surface area contributed by atoms with Crippen molar-refractivity contribution in [1.29, 1.82) is 0 Å². The molecule has 0 radical (unpaired) electrons. The topological polar surface area (TPSA) is 21.3 Å². The number of hydrogen-bond acceptors (Lipinski definition) is 2. The average molecular weight is 276 g/mol. The van der Waals surface area contributed by atoms with Gasteiger partial charge in [0, 0.05) is 10.0 Å². The van der Waals surface area contributed by atoms with E-state index in [0.717, 1.165) is 12.0 Å². The first-order valence-corrected chi connectivity index (χ1v) is 6.47. The maximum absolute atomic E-state index is 6.17. The Balaban J connectivity index is 2.79. The van der Waals surface area contributed by atoms with Crippen molar-refractivity contribution in [2.75, 3.05) is 0 Å². The van der Waals surface area contributed by atoms with Crippen LogP contribution in [0.3, 0.4) is 0 Å². The first kappa shape index (κ1) is 14.8. The fourth-order valence-electron chi connectivity index (χ4n) is 1.40. The summed E-state index contributed by atoms with van der Waals surface area (Å²) in [7, 11) is 0. The van der Waals surface area contributed by atoms with Crippen molar-refractivity contribution in [2.24, 2.45) is 0 Å². The molecular formula is C13H19Cl2NO. The monoisotopic (exact) mass is 275 g/mol. The SMILES string of the molecule is CCC(NOC(C)(C)C)c1ccc(Cl)cc1Cl. The maximum atomic E-state index is 6.17. The third-order valence-corrected chi connectivity index (χ3v) is 2.82. The van der Waals surface area contributed by atoms with E-state index in [1.54, 1.807) is 6.07 Å². The van der Waals surface area contributed by atoms with Gasteiger partial charge in [-0.1, -0.05) is 36.2 Å². The quantitative estimate of drug-likeness (QED) is 0.800. The van der Waals surface area contributed by atoms with Crippen LogP contribution in [0.2, 0.25) is 10.0 Å². The van der Waals surface area contributed by atoms with Gasteiger partial charge in [-0.2, -0.15) is 5.48 Å². The van der Waals surface area contributed by atoms with Gasteiger partial charge in [0.15, 0.2) is 0 Å². The molecule has 1 rings (SSSR count). The lowest BCUT2D eigenvalue weighted by Gasteiger charge is -2.25. The highest BCUT2D eigenvalue weighted by atomic mass is 35.5. The molecule has 4 heteroatoms. The average Bonchev–Trinajstić information content (AvgIpc) is 2.19. The van der Waals surface area contributed by atoms with Crippen LogP contribution in [0.15, 0.2) is 18.2 Å². The zero-order valence-corrected chi connectivity index (χ0v) is 12.2. The molecular weight excluding hydrogens is 257 g/mol. The molecule has 0 saturated heterocycles. The molecule has 0 saturated carbocycles. The van der Waals surface area contributed by atoms with Gasteiger partial charge in [-0.25, -0.2) is 0 Å². The number of benzene rings is 1. The Labute approximate surface area is 113 Å². The Hall–Kier alpha value is -0.280. The Bertz CT molecular complexity index is 374. The van der Waals surface area contributed by atoms with Crippen LogP contribution in [0.25, 0.3) is 0 Å². The summed E-state index contributed by atoms with van der Waals surface area (Å²) >= 11 is 12.1. The number of hydrogen-bond donors (Lipinski definition) is 1. The predicted octanol–water partition coefficient (Wildman–Crippen LogP) is 4.76. The van der Waals surface area contributed by atoms with E-state index in [1.807, 2.05) is 32.9 Å². The van der Waals surface area contributed by atoms with Gasteiger partial charge in [0.25, 0.3) is 0 Å². The van der Waals surface area contributed by atoms with E-state index in [2.05, 4.69) is 12.4 Å². The molecule has 0 aromatic heterocycles. The van der Waals surface area contributed by atoms with Gasteiger partial charge in [0.05, 0.1) is 11.6 Å². The van der Waals surface area contributed by atoms with Gasteiger partial charge in [-0.05, 0) is 44.9 Å². The zero-order chi connectivity index (χ0) is 13.1. The highest BCUT2D eigenvalue weighted by molar-refractivity contribution is 6.35. The molecule has 0 heterocycles. The molecule has 0 bridgehead atoms. The Morgan fingerprint density at radius 3 is 2.41 bits per heavy atom. The fraction of sp³-hybridized carbons (Fsp3) is 0.538. The molecule has 0 aliphatic rings. The largest absolute Gasteiger partial charge is 0.296 e. The number of nitrogens with one attached hydrogen (secondary N) is 1. The van der Waals surface area contributed by atoms with E-state index in [0.29, 0.717) is 10.0 Å². The summed E-state index contributed by atoms with van der Waals surface area (Å²) in [6.45, 7) is 8.07. The molecule has 0 aliphatic heterocycles. The summed E-state index contributed by atoms with van der Waals surface area (Å²) in [4.78, 5) is 5.58. The van der Waals surface area contributed by atoms with Crippen molar-refractivity contribution in [3.8, 4) is 0 Å². The molecule has 1 unspecified atom stereocenters. The van der Waals surface area contributed by atoms with E-state index in [1.165, 1.54) is 0 Å². The lowest BCUT2D eigenvalue weighted by atomic mass is 10.1. The molecule has 1 atom stereocenters. The molecule has 1 N–H and O–H groups in total. The fourth-order valence-corrected chi connectivity index (χ4v) is 1.94.